The Morgan fingerprint density at radius 2 is 2.11 bits per heavy atom. The SMILES string of the molecule is NCCc1ccnc(C2CCCc3ccccc32)n1. The average molecular weight is 253 g/mol. The van der Waals surface area contributed by atoms with E-state index in [-0.39, 0.29) is 0 Å². The lowest BCUT2D eigenvalue weighted by Gasteiger charge is -2.24. The van der Waals surface area contributed by atoms with E-state index in [4.69, 9.17) is 10.7 Å². The number of benzene rings is 1. The molecule has 98 valence electrons. The first-order chi connectivity index (χ1) is 9.38. The number of nitrogens with zero attached hydrogens (tertiary/aromatic N) is 2. The van der Waals surface area contributed by atoms with Crippen molar-refractivity contribution in [3.8, 4) is 0 Å². The van der Waals surface area contributed by atoms with Crippen molar-refractivity contribution in [2.24, 2.45) is 5.73 Å². The topological polar surface area (TPSA) is 51.8 Å². The molecular weight excluding hydrogens is 234 g/mol. The van der Waals surface area contributed by atoms with Gasteiger partial charge in [0.1, 0.15) is 5.82 Å². The molecule has 0 spiro atoms. The first-order valence-corrected chi connectivity index (χ1v) is 6.98. The van der Waals surface area contributed by atoms with Crippen molar-refractivity contribution < 1.29 is 0 Å². The molecule has 0 amide bonds. The molecule has 3 heteroatoms. The van der Waals surface area contributed by atoms with Gasteiger partial charge in [0.05, 0.1) is 0 Å². The molecule has 1 aliphatic carbocycles. The Balaban J connectivity index is 1.97. The average Bonchev–Trinajstić information content (AvgIpc) is 2.47. The zero-order chi connectivity index (χ0) is 13.1. The van der Waals surface area contributed by atoms with Gasteiger partial charge in [0.15, 0.2) is 0 Å². The van der Waals surface area contributed by atoms with Crippen molar-refractivity contribution in [3.05, 3.63) is 59.2 Å². The van der Waals surface area contributed by atoms with E-state index in [1.54, 1.807) is 0 Å². The Hall–Kier alpha value is -1.74. The largest absolute Gasteiger partial charge is 0.330 e. The highest BCUT2D eigenvalue weighted by Gasteiger charge is 2.23. The molecule has 3 nitrogen and oxygen atoms in total. The van der Waals surface area contributed by atoms with Crippen LogP contribution in [-0.2, 0) is 12.8 Å². The lowest BCUT2D eigenvalue weighted by Crippen LogP contribution is -2.15. The number of aromatic nitrogens is 2. The monoisotopic (exact) mass is 253 g/mol. The smallest absolute Gasteiger partial charge is 0.135 e. The molecule has 0 radical (unpaired) electrons. The molecule has 0 aliphatic heterocycles. The van der Waals surface area contributed by atoms with Gasteiger partial charge in [-0.3, -0.25) is 0 Å². The molecule has 2 aromatic rings. The summed E-state index contributed by atoms with van der Waals surface area (Å²) in [6, 6.07) is 10.6. The number of nitrogens with two attached hydrogens (primary N) is 1. The fourth-order valence-electron chi connectivity index (χ4n) is 2.89. The third kappa shape index (κ3) is 2.51. The maximum atomic E-state index is 5.61. The van der Waals surface area contributed by atoms with E-state index in [1.165, 1.54) is 24.0 Å². The van der Waals surface area contributed by atoms with Gasteiger partial charge in [0.25, 0.3) is 0 Å². The highest BCUT2D eigenvalue weighted by atomic mass is 14.9. The molecule has 2 N–H and O–H groups in total. The van der Waals surface area contributed by atoms with E-state index in [2.05, 4.69) is 29.2 Å². The van der Waals surface area contributed by atoms with Gasteiger partial charge < -0.3 is 5.73 Å². The third-order valence-electron chi connectivity index (χ3n) is 3.81. The van der Waals surface area contributed by atoms with E-state index in [0.717, 1.165) is 24.4 Å². The van der Waals surface area contributed by atoms with E-state index >= 15 is 0 Å². The number of hydrogen-bond donors (Lipinski definition) is 1. The van der Waals surface area contributed by atoms with Gasteiger partial charge in [-0.2, -0.15) is 0 Å². The molecule has 19 heavy (non-hydrogen) atoms. The summed E-state index contributed by atoms with van der Waals surface area (Å²) in [7, 11) is 0. The minimum Gasteiger partial charge on any atom is -0.330 e. The van der Waals surface area contributed by atoms with Gasteiger partial charge in [0, 0.05) is 24.2 Å². The molecule has 1 unspecified atom stereocenters. The van der Waals surface area contributed by atoms with Crippen molar-refractivity contribution in [1.29, 1.82) is 0 Å². The lowest BCUT2D eigenvalue weighted by atomic mass is 9.82. The van der Waals surface area contributed by atoms with Crippen LogP contribution in [0.1, 0.15) is 41.4 Å². The van der Waals surface area contributed by atoms with Gasteiger partial charge in [-0.15, -0.1) is 0 Å². The Morgan fingerprint density at radius 1 is 1.21 bits per heavy atom. The molecule has 3 rings (SSSR count). The number of aryl methyl sites for hydroxylation is 1. The van der Waals surface area contributed by atoms with Crippen molar-refractivity contribution in [3.63, 3.8) is 0 Å². The molecule has 0 fully saturated rings. The van der Waals surface area contributed by atoms with E-state index in [0.29, 0.717) is 12.5 Å². The van der Waals surface area contributed by atoms with Gasteiger partial charge >= 0.3 is 0 Å². The van der Waals surface area contributed by atoms with Crippen LogP contribution in [0.5, 0.6) is 0 Å². The first-order valence-electron chi connectivity index (χ1n) is 6.98. The first kappa shape index (κ1) is 12.3. The minimum absolute atomic E-state index is 0.350. The van der Waals surface area contributed by atoms with Crippen molar-refractivity contribution >= 4 is 0 Å². The molecule has 0 bridgehead atoms. The summed E-state index contributed by atoms with van der Waals surface area (Å²) < 4.78 is 0. The summed E-state index contributed by atoms with van der Waals surface area (Å²) in [4.78, 5) is 9.19. The molecule has 1 atom stereocenters. The quantitative estimate of drug-likeness (QED) is 0.914. The lowest BCUT2D eigenvalue weighted by molar-refractivity contribution is 0.587. The maximum Gasteiger partial charge on any atom is 0.135 e. The molecular formula is C16H19N3. The summed E-state index contributed by atoms with van der Waals surface area (Å²) in [5.74, 6) is 1.31. The normalized spacial score (nSPS) is 18.1. The fraction of sp³-hybridized carbons (Fsp3) is 0.375. The Labute approximate surface area is 113 Å². The second kappa shape index (κ2) is 5.49. The van der Waals surface area contributed by atoms with Gasteiger partial charge in [-0.25, -0.2) is 9.97 Å². The Bertz CT molecular complexity index is 565. The van der Waals surface area contributed by atoms with Gasteiger partial charge in [-0.05, 0) is 43.0 Å². The Kier molecular flexibility index (Phi) is 3.56. The van der Waals surface area contributed by atoms with E-state index in [1.807, 2.05) is 12.3 Å². The van der Waals surface area contributed by atoms with Crippen LogP contribution < -0.4 is 5.73 Å². The predicted molar refractivity (Wildman–Crippen MR) is 76.0 cm³/mol. The van der Waals surface area contributed by atoms with Crippen molar-refractivity contribution in [2.75, 3.05) is 6.54 Å². The summed E-state index contributed by atoms with van der Waals surface area (Å²) in [5.41, 5.74) is 9.51. The highest BCUT2D eigenvalue weighted by Crippen LogP contribution is 2.34. The number of rotatable bonds is 3. The molecule has 1 aromatic carbocycles. The summed E-state index contributed by atoms with van der Waals surface area (Å²) in [6.07, 6.45) is 6.22. The molecule has 0 saturated carbocycles. The van der Waals surface area contributed by atoms with Crippen molar-refractivity contribution in [2.45, 2.75) is 31.6 Å². The summed E-state index contributed by atoms with van der Waals surface area (Å²) in [6.45, 7) is 0.637. The molecule has 1 heterocycles. The summed E-state index contributed by atoms with van der Waals surface area (Å²) in [5, 5.41) is 0. The van der Waals surface area contributed by atoms with Crippen LogP contribution in [0.3, 0.4) is 0 Å². The van der Waals surface area contributed by atoms with Gasteiger partial charge in [0.2, 0.25) is 0 Å². The predicted octanol–water partition coefficient (Wildman–Crippen LogP) is 2.45. The fourth-order valence-corrected chi connectivity index (χ4v) is 2.89. The van der Waals surface area contributed by atoms with Crippen LogP contribution in [0.15, 0.2) is 36.5 Å². The Morgan fingerprint density at radius 3 is 3.00 bits per heavy atom. The van der Waals surface area contributed by atoms with Crippen molar-refractivity contribution in [1.82, 2.24) is 9.97 Å². The molecule has 1 aromatic heterocycles. The molecule has 1 aliphatic rings. The van der Waals surface area contributed by atoms with E-state index in [9.17, 15) is 0 Å². The van der Waals surface area contributed by atoms with Crippen LogP contribution in [0.25, 0.3) is 0 Å². The number of fused-ring (bicyclic) bond motifs is 1. The molecule has 0 saturated heterocycles. The second-order valence-electron chi connectivity index (χ2n) is 5.09. The van der Waals surface area contributed by atoms with Crippen LogP contribution in [0, 0.1) is 0 Å². The second-order valence-corrected chi connectivity index (χ2v) is 5.09. The van der Waals surface area contributed by atoms with Gasteiger partial charge in [-0.1, -0.05) is 24.3 Å². The van der Waals surface area contributed by atoms with Crippen LogP contribution in [0.2, 0.25) is 0 Å². The third-order valence-corrected chi connectivity index (χ3v) is 3.81. The van der Waals surface area contributed by atoms with Crippen LogP contribution in [0.4, 0.5) is 0 Å². The maximum absolute atomic E-state index is 5.61. The van der Waals surface area contributed by atoms with Crippen LogP contribution in [-0.4, -0.2) is 16.5 Å². The summed E-state index contributed by atoms with van der Waals surface area (Å²) >= 11 is 0. The zero-order valence-electron chi connectivity index (χ0n) is 11.0. The number of hydrogen-bond acceptors (Lipinski definition) is 3. The van der Waals surface area contributed by atoms with E-state index < -0.39 is 0 Å². The zero-order valence-corrected chi connectivity index (χ0v) is 11.0. The highest BCUT2D eigenvalue weighted by molar-refractivity contribution is 5.36. The standard InChI is InChI=1S/C16H19N3/c17-10-8-13-9-11-18-16(19-13)15-7-3-5-12-4-1-2-6-14(12)15/h1-2,4,6,9,11,15H,3,5,7-8,10,17H2. The minimum atomic E-state index is 0.350. The van der Waals surface area contributed by atoms with Crippen LogP contribution >= 0.6 is 0 Å².